The summed E-state index contributed by atoms with van der Waals surface area (Å²) in [6.45, 7) is 1.79. The number of amides is 1. The van der Waals surface area contributed by atoms with Crippen LogP contribution in [0, 0.1) is 5.41 Å². The van der Waals surface area contributed by atoms with E-state index in [0.717, 1.165) is 25.7 Å². The van der Waals surface area contributed by atoms with Crippen LogP contribution in [0.2, 0.25) is 0 Å². The Bertz CT molecular complexity index is 300. The summed E-state index contributed by atoms with van der Waals surface area (Å²) in [5.74, 6) is -0.0566. The quantitative estimate of drug-likeness (QED) is 0.751. The van der Waals surface area contributed by atoms with E-state index in [4.69, 9.17) is 23.2 Å². The fraction of sp³-hybridized carbons (Fsp3) is 0.909. The van der Waals surface area contributed by atoms with Crippen LogP contribution in [0.15, 0.2) is 0 Å². The molecule has 1 unspecified atom stereocenters. The average molecular weight is 266 g/mol. The lowest BCUT2D eigenvalue weighted by Crippen LogP contribution is -2.42. The first-order valence-electron chi connectivity index (χ1n) is 5.72. The first-order chi connectivity index (χ1) is 7.35. The van der Waals surface area contributed by atoms with Gasteiger partial charge in [-0.05, 0) is 39.0 Å². The van der Waals surface area contributed by atoms with Crippen LogP contribution in [-0.4, -0.2) is 27.5 Å². The van der Waals surface area contributed by atoms with Crippen molar-refractivity contribution >= 4 is 29.1 Å². The number of nitrogens with one attached hydrogen (secondary N) is 1. The van der Waals surface area contributed by atoms with Gasteiger partial charge in [0.05, 0.1) is 11.5 Å². The molecule has 0 aliphatic heterocycles. The van der Waals surface area contributed by atoms with Gasteiger partial charge in [-0.2, -0.15) is 0 Å². The Labute approximate surface area is 105 Å². The van der Waals surface area contributed by atoms with E-state index in [1.165, 1.54) is 0 Å². The van der Waals surface area contributed by atoms with Gasteiger partial charge in [0.1, 0.15) is 4.33 Å². The maximum atomic E-state index is 11.9. The SMILES string of the molecule is CC1(C(=O)NC2CCC(O)CC2)CC1(Cl)Cl. The second-order valence-electron chi connectivity index (χ2n) is 5.19. The van der Waals surface area contributed by atoms with Crippen molar-refractivity contribution in [2.75, 3.05) is 0 Å². The van der Waals surface area contributed by atoms with E-state index in [-0.39, 0.29) is 18.1 Å². The molecule has 1 amide bonds. The highest BCUT2D eigenvalue weighted by Crippen LogP contribution is 2.63. The summed E-state index contributed by atoms with van der Waals surface area (Å²) in [5.41, 5.74) is -0.633. The summed E-state index contributed by atoms with van der Waals surface area (Å²) in [5, 5.41) is 12.3. The van der Waals surface area contributed by atoms with Crippen molar-refractivity contribution in [3.05, 3.63) is 0 Å². The van der Waals surface area contributed by atoms with E-state index in [0.29, 0.717) is 6.42 Å². The van der Waals surface area contributed by atoms with Crippen molar-refractivity contribution in [1.82, 2.24) is 5.32 Å². The highest BCUT2D eigenvalue weighted by atomic mass is 35.5. The molecule has 0 bridgehead atoms. The molecule has 0 saturated heterocycles. The highest BCUT2D eigenvalue weighted by Gasteiger charge is 2.68. The van der Waals surface area contributed by atoms with Crippen LogP contribution < -0.4 is 5.32 Å². The molecule has 0 aromatic rings. The normalized spacial score (nSPS) is 41.5. The fourth-order valence-corrected chi connectivity index (χ4v) is 2.92. The van der Waals surface area contributed by atoms with Crippen molar-refractivity contribution in [3.63, 3.8) is 0 Å². The zero-order valence-electron chi connectivity index (χ0n) is 9.30. The van der Waals surface area contributed by atoms with Crippen LogP contribution in [0.1, 0.15) is 39.0 Å². The van der Waals surface area contributed by atoms with Gasteiger partial charge in [0, 0.05) is 6.04 Å². The summed E-state index contributed by atoms with van der Waals surface area (Å²) >= 11 is 11.9. The lowest BCUT2D eigenvalue weighted by Gasteiger charge is -2.27. The molecule has 2 aliphatic rings. The van der Waals surface area contributed by atoms with Crippen molar-refractivity contribution in [2.45, 2.75) is 55.5 Å². The maximum absolute atomic E-state index is 11.9. The van der Waals surface area contributed by atoms with E-state index in [2.05, 4.69) is 5.32 Å². The smallest absolute Gasteiger partial charge is 0.229 e. The molecule has 0 aromatic carbocycles. The summed E-state index contributed by atoms with van der Waals surface area (Å²) in [4.78, 5) is 11.9. The Morgan fingerprint density at radius 3 is 2.25 bits per heavy atom. The standard InChI is InChI=1S/C11H17Cl2NO2/c1-10(6-11(10,12)13)9(16)14-7-2-4-8(15)5-3-7/h7-8,15H,2-6H2,1H3,(H,14,16). The molecule has 2 aliphatic carbocycles. The predicted molar refractivity (Wildman–Crippen MR) is 63.6 cm³/mol. The minimum Gasteiger partial charge on any atom is -0.393 e. The van der Waals surface area contributed by atoms with Gasteiger partial charge >= 0.3 is 0 Å². The molecule has 0 heterocycles. The minimum absolute atomic E-state index is 0.0566. The third-order valence-corrected chi connectivity index (χ3v) is 4.89. The van der Waals surface area contributed by atoms with Crippen LogP contribution in [0.4, 0.5) is 0 Å². The Hall–Kier alpha value is 0.01000. The number of hydrogen-bond acceptors (Lipinski definition) is 2. The third-order valence-electron chi connectivity index (χ3n) is 3.79. The summed E-state index contributed by atoms with van der Waals surface area (Å²) in [6, 6.07) is 0.164. The van der Waals surface area contributed by atoms with Crippen molar-refractivity contribution in [3.8, 4) is 0 Å². The van der Waals surface area contributed by atoms with Gasteiger partial charge in [0.15, 0.2) is 0 Å². The number of carbonyl (C=O) groups excluding carboxylic acids is 1. The first-order valence-corrected chi connectivity index (χ1v) is 6.47. The van der Waals surface area contributed by atoms with Crippen molar-refractivity contribution < 1.29 is 9.90 Å². The lowest BCUT2D eigenvalue weighted by molar-refractivity contribution is -0.126. The molecule has 2 rings (SSSR count). The molecule has 92 valence electrons. The monoisotopic (exact) mass is 265 g/mol. The van der Waals surface area contributed by atoms with Gasteiger partial charge in [-0.15, -0.1) is 23.2 Å². The van der Waals surface area contributed by atoms with E-state index >= 15 is 0 Å². The molecule has 0 radical (unpaired) electrons. The minimum atomic E-state index is -0.898. The summed E-state index contributed by atoms with van der Waals surface area (Å²) in [6.07, 6.45) is 3.50. The van der Waals surface area contributed by atoms with Crippen molar-refractivity contribution in [2.24, 2.45) is 5.41 Å². The first kappa shape index (κ1) is 12.5. The van der Waals surface area contributed by atoms with E-state index in [9.17, 15) is 9.90 Å². The predicted octanol–water partition coefficient (Wildman–Crippen LogP) is 1.99. The van der Waals surface area contributed by atoms with Crippen LogP contribution >= 0.6 is 23.2 Å². The Kier molecular flexibility index (Phi) is 3.15. The Balaban J connectivity index is 1.85. The number of halogens is 2. The molecule has 0 aromatic heterocycles. The third kappa shape index (κ3) is 2.18. The molecule has 2 saturated carbocycles. The largest absolute Gasteiger partial charge is 0.393 e. The summed E-state index contributed by atoms with van der Waals surface area (Å²) in [7, 11) is 0. The van der Waals surface area contributed by atoms with Crippen LogP contribution in [0.3, 0.4) is 0 Å². The molecule has 0 spiro atoms. The molecular formula is C11H17Cl2NO2. The number of aliphatic hydroxyl groups excluding tert-OH is 1. The van der Waals surface area contributed by atoms with E-state index < -0.39 is 9.75 Å². The zero-order valence-corrected chi connectivity index (χ0v) is 10.8. The molecule has 5 heteroatoms. The maximum Gasteiger partial charge on any atom is 0.229 e. The molecule has 2 fully saturated rings. The molecular weight excluding hydrogens is 249 g/mol. The Morgan fingerprint density at radius 1 is 1.31 bits per heavy atom. The molecule has 3 nitrogen and oxygen atoms in total. The zero-order chi connectivity index (χ0) is 12.0. The van der Waals surface area contributed by atoms with Gasteiger partial charge < -0.3 is 10.4 Å². The molecule has 2 N–H and O–H groups in total. The lowest BCUT2D eigenvalue weighted by atomic mass is 9.92. The number of rotatable bonds is 2. The highest BCUT2D eigenvalue weighted by molar-refractivity contribution is 6.53. The molecule has 16 heavy (non-hydrogen) atoms. The average Bonchev–Trinajstić information content (AvgIpc) is 2.71. The number of carbonyl (C=O) groups is 1. The fourth-order valence-electron chi connectivity index (χ4n) is 2.21. The van der Waals surface area contributed by atoms with Gasteiger partial charge in [-0.1, -0.05) is 0 Å². The number of alkyl halides is 2. The van der Waals surface area contributed by atoms with Gasteiger partial charge in [-0.3, -0.25) is 4.79 Å². The molecule has 1 atom stereocenters. The van der Waals surface area contributed by atoms with E-state index in [1.807, 2.05) is 0 Å². The Morgan fingerprint density at radius 2 is 1.81 bits per heavy atom. The second-order valence-corrected chi connectivity index (χ2v) is 6.68. The number of aliphatic hydroxyl groups is 1. The van der Waals surface area contributed by atoms with Crippen LogP contribution in [0.5, 0.6) is 0 Å². The van der Waals surface area contributed by atoms with Gasteiger partial charge in [0.2, 0.25) is 5.91 Å². The van der Waals surface area contributed by atoms with E-state index in [1.54, 1.807) is 6.92 Å². The second kappa shape index (κ2) is 4.04. The number of hydrogen-bond donors (Lipinski definition) is 2. The van der Waals surface area contributed by atoms with Crippen LogP contribution in [-0.2, 0) is 4.79 Å². The van der Waals surface area contributed by atoms with Crippen LogP contribution in [0.25, 0.3) is 0 Å². The van der Waals surface area contributed by atoms with Crippen molar-refractivity contribution in [1.29, 1.82) is 0 Å². The van der Waals surface area contributed by atoms with Gasteiger partial charge in [0.25, 0.3) is 0 Å². The topological polar surface area (TPSA) is 49.3 Å². The summed E-state index contributed by atoms with van der Waals surface area (Å²) < 4.78 is -0.898. The van der Waals surface area contributed by atoms with Gasteiger partial charge in [-0.25, -0.2) is 0 Å².